The van der Waals surface area contributed by atoms with Crippen LogP contribution in [0.4, 0.5) is 0 Å². The van der Waals surface area contributed by atoms with E-state index in [4.69, 9.17) is 4.74 Å². The second-order valence-corrected chi connectivity index (χ2v) is 4.07. The topological polar surface area (TPSA) is 58.6 Å². The number of carbonyl (C=O) groups is 1. The molecule has 1 aliphatic rings. The number of nitrogens with one attached hydrogen (secondary N) is 1. The van der Waals surface area contributed by atoms with Gasteiger partial charge in [-0.3, -0.25) is 4.79 Å². The van der Waals surface area contributed by atoms with E-state index in [1.165, 1.54) is 0 Å². The van der Waals surface area contributed by atoms with Gasteiger partial charge in [0.05, 0.1) is 0 Å². The van der Waals surface area contributed by atoms with E-state index in [9.17, 15) is 9.90 Å². The van der Waals surface area contributed by atoms with Crippen LogP contribution in [-0.4, -0.2) is 36.4 Å². The highest BCUT2D eigenvalue weighted by atomic mass is 16.5. The van der Waals surface area contributed by atoms with Crippen molar-refractivity contribution in [3.05, 3.63) is 0 Å². The van der Waals surface area contributed by atoms with Crippen molar-refractivity contribution in [3.63, 3.8) is 0 Å². The molecule has 0 amide bonds. The number of hydrogen-bond acceptors (Lipinski definition) is 3. The zero-order chi connectivity index (χ0) is 11.1. The van der Waals surface area contributed by atoms with Gasteiger partial charge in [-0.1, -0.05) is 12.8 Å². The Hall–Kier alpha value is -0.610. The molecule has 0 spiro atoms. The second-order valence-electron chi connectivity index (χ2n) is 4.07. The SMILES string of the molecule is CCOCCCNC1(C(=O)O)CCCC1. The van der Waals surface area contributed by atoms with Crippen molar-refractivity contribution in [3.8, 4) is 0 Å². The lowest BCUT2D eigenvalue weighted by Gasteiger charge is -2.25. The normalized spacial score (nSPS) is 19.3. The number of carboxylic acids is 1. The molecule has 0 aromatic heterocycles. The van der Waals surface area contributed by atoms with E-state index in [-0.39, 0.29) is 0 Å². The summed E-state index contributed by atoms with van der Waals surface area (Å²) in [6.07, 6.45) is 4.44. The third-order valence-corrected chi connectivity index (χ3v) is 3.00. The fourth-order valence-corrected chi connectivity index (χ4v) is 2.09. The van der Waals surface area contributed by atoms with Gasteiger partial charge in [-0.25, -0.2) is 0 Å². The molecule has 0 heterocycles. The van der Waals surface area contributed by atoms with Crippen LogP contribution in [0.5, 0.6) is 0 Å². The van der Waals surface area contributed by atoms with Crippen molar-refractivity contribution in [1.82, 2.24) is 5.32 Å². The fraction of sp³-hybridized carbons (Fsp3) is 0.909. The largest absolute Gasteiger partial charge is 0.480 e. The zero-order valence-electron chi connectivity index (χ0n) is 9.42. The molecular weight excluding hydrogens is 194 g/mol. The summed E-state index contributed by atoms with van der Waals surface area (Å²) in [5, 5.41) is 12.3. The lowest BCUT2D eigenvalue weighted by molar-refractivity contribution is -0.144. The molecule has 88 valence electrons. The summed E-state index contributed by atoms with van der Waals surface area (Å²) in [6, 6.07) is 0. The van der Waals surface area contributed by atoms with Crippen LogP contribution in [-0.2, 0) is 9.53 Å². The summed E-state index contributed by atoms with van der Waals surface area (Å²) in [5.74, 6) is -0.698. The molecule has 1 aliphatic carbocycles. The minimum atomic E-state index is -0.698. The molecule has 4 nitrogen and oxygen atoms in total. The van der Waals surface area contributed by atoms with Gasteiger partial charge in [0.15, 0.2) is 0 Å². The first-order valence-corrected chi connectivity index (χ1v) is 5.77. The molecule has 1 fully saturated rings. The molecule has 1 saturated carbocycles. The maximum absolute atomic E-state index is 11.1. The van der Waals surface area contributed by atoms with Crippen molar-refractivity contribution >= 4 is 5.97 Å². The van der Waals surface area contributed by atoms with Crippen LogP contribution in [0.2, 0.25) is 0 Å². The molecule has 0 atom stereocenters. The van der Waals surface area contributed by atoms with Gasteiger partial charge in [0.1, 0.15) is 5.54 Å². The summed E-state index contributed by atoms with van der Waals surface area (Å²) in [6.45, 7) is 4.12. The van der Waals surface area contributed by atoms with Crippen LogP contribution in [0.25, 0.3) is 0 Å². The third-order valence-electron chi connectivity index (χ3n) is 3.00. The zero-order valence-corrected chi connectivity index (χ0v) is 9.42. The fourth-order valence-electron chi connectivity index (χ4n) is 2.09. The van der Waals surface area contributed by atoms with E-state index < -0.39 is 11.5 Å². The Labute approximate surface area is 91.0 Å². The average Bonchev–Trinajstić information content (AvgIpc) is 2.67. The van der Waals surface area contributed by atoms with Crippen molar-refractivity contribution < 1.29 is 14.6 Å². The predicted octanol–water partition coefficient (Wildman–Crippen LogP) is 1.40. The Bertz CT molecular complexity index is 200. The van der Waals surface area contributed by atoms with Crippen LogP contribution in [0.1, 0.15) is 39.0 Å². The molecule has 0 aliphatic heterocycles. The second kappa shape index (κ2) is 6.08. The van der Waals surface area contributed by atoms with Crippen molar-refractivity contribution in [1.29, 1.82) is 0 Å². The van der Waals surface area contributed by atoms with E-state index >= 15 is 0 Å². The van der Waals surface area contributed by atoms with Crippen molar-refractivity contribution in [2.75, 3.05) is 19.8 Å². The quantitative estimate of drug-likeness (QED) is 0.630. The molecule has 0 bridgehead atoms. The van der Waals surface area contributed by atoms with Gasteiger partial charge in [0.2, 0.25) is 0 Å². The third kappa shape index (κ3) is 3.47. The number of hydrogen-bond donors (Lipinski definition) is 2. The summed E-state index contributed by atoms with van der Waals surface area (Å²) in [5.41, 5.74) is -0.647. The summed E-state index contributed by atoms with van der Waals surface area (Å²) >= 11 is 0. The molecule has 2 N–H and O–H groups in total. The molecule has 0 aromatic carbocycles. The first-order valence-electron chi connectivity index (χ1n) is 5.77. The Morgan fingerprint density at radius 3 is 2.67 bits per heavy atom. The van der Waals surface area contributed by atoms with E-state index in [0.29, 0.717) is 6.61 Å². The molecule has 0 aromatic rings. The summed E-state index contributed by atoms with van der Waals surface area (Å²) in [7, 11) is 0. The Morgan fingerprint density at radius 2 is 2.13 bits per heavy atom. The monoisotopic (exact) mass is 215 g/mol. The number of rotatable bonds is 7. The number of ether oxygens (including phenoxy) is 1. The number of carboxylic acid groups (broad SMARTS) is 1. The van der Waals surface area contributed by atoms with Gasteiger partial charge in [-0.05, 0) is 32.7 Å². The highest BCUT2D eigenvalue weighted by Gasteiger charge is 2.40. The van der Waals surface area contributed by atoms with Crippen LogP contribution >= 0.6 is 0 Å². The minimum Gasteiger partial charge on any atom is -0.480 e. The molecule has 1 rings (SSSR count). The first-order chi connectivity index (χ1) is 7.21. The number of aliphatic carboxylic acids is 1. The lowest BCUT2D eigenvalue weighted by atomic mass is 9.98. The van der Waals surface area contributed by atoms with E-state index in [2.05, 4.69) is 5.32 Å². The molecule has 0 radical (unpaired) electrons. The van der Waals surface area contributed by atoms with Crippen LogP contribution in [0, 0.1) is 0 Å². The van der Waals surface area contributed by atoms with E-state index in [0.717, 1.165) is 45.3 Å². The molecule has 15 heavy (non-hydrogen) atoms. The van der Waals surface area contributed by atoms with Crippen LogP contribution in [0.15, 0.2) is 0 Å². The molecular formula is C11H21NO3. The van der Waals surface area contributed by atoms with Crippen molar-refractivity contribution in [2.45, 2.75) is 44.6 Å². The van der Waals surface area contributed by atoms with Gasteiger partial charge in [-0.15, -0.1) is 0 Å². The van der Waals surface area contributed by atoms with Gasteiger partial charge in [-0.2, -0.15) is 0 Å². The highest BCUT2D eigenvalue weighted by Crippen LogP contribution is 2.29. The maximum atomic E-state index is 11.1. The first kappa shape index (κ1) is 12.5. The Balaban J connectivity index is 2.24. The van der Waals surface area contributed by atoms with Gasteiger partial charge < -0.3 is 15.2 Å². The van der Waals surface area contributed by atoms with Gasteiger partial charge >= 0.3 is 5.97 Å². The summed E-state index contributed by atoms with van der Waals surface area (Å²) < 4.78 is 5.20. The summed E-state index contributed by atoms with van der Waals surface area (Å²) in [4.78, 5) is 11.1. The minimum absolute atomic E-state index is 0.647. The maximum Gasteiger partial charge on any atom is 0.323 e. The highest BCUT2D eigenvalue weighted by molar-refractivity contribution is 5.79. The van der Waals surface area contributed by atoms with E-state index in [1.54, 1.807) is 0 Å². The Kier molecular flexibility index (Phi) is 5.05. The van der Waals surface area contributed by atoms with Gasteiger partial charge in [0, 0.05) is 13.2 Å². The van der Waals surface area contributed by atoms with E-state index in [1.807, 2.05) is 6.92 Å². The smallest absolute Gasteiger partial charge is 0.323 e. The molecule has 4 heteroatoms. The van der Waals surface area contributed by atoms with Crippen molar-refractivity contribution in [2.24, 2.45) is 0 Å². The van der Waals surface area contributed by atoms with Gasteiger partial charge in [0.25, 0.3) is 0 Å². The average molecular weight is 215 g/mol. The van der Waals surface area contributed by atoms with Crippen LogP contribution in [0.3, 0.4) is 0 Å². The Morgan fingerprint density at radius 1 is 1.47 bits per heavy atom. The molecule has 0 unspecified atom stereocenters. The molecule has 0 saturated heterocycles. The standard InChI is InChI=1S/C11H21NO3/c1-2-15-9-5-8-12-11(10(13)14)6-3-4-7-11/h12H,2-9H2,1H3,(H,13,14). The predicted molar refractivity (Wildman–Crippen MR) is 57.9 cm³/mol. The lowest BCUT2D eigenvalue weighted by Crippen LogP contribution is -2.50. The van der Waals surface area contributed by atoms with Crippen LogP contribution < -0.4 is 5.32 Å².